The molecule has 2 aromatic rings. The van der Waals surface area contributed by atoms with E-state index in [1.165, 1.54) is 0 Å². The van der Waals surface area contributed by atoms with Gasteiger partial charge in [0.2, 0.25) is 0 Å². The van der Waals surface area contributed by atoms with Crippen LogP contribution in [0.2, 0.25) is 0 Å². The van der Waals surface area contributed by atoms with Crippen molar-refractivity contribution < 1.29 is 9.84 Å². The number of hydrogen-bond donors (Lipinski definition) is 1. The standard InChI is InChI=1S/C15H18N2O2/c1-2-6-19-14-8-13(10-17-11-14)15(18)7-12-4-3-5-16-9-12/h3-5,8-11,15,18H,2,6-7H2,1H3. The van der Waals surface area contributed by atoms with Gasteiger partial charge in [-0.3, -0.25) is 9.97 Å². The molecule has 0 radical (unpaired) electrons. The van der Waals surface area contributed by atoms with Crippen molar-refractivity contribution in [1.82, 2.24) is 9.97 Å². The Bertz CT molecular complexity index is 503. The Morgan fingerprint density at radius 1 is 1.26 bits per heavy atom. The number of hydrogen-bond acceptors (Lipinski definition) is 4. The van der Waals surface area contributed by atoms with E-state index in [9.17, 15) is 5.11 Å². The summed E-state index contributed by atoms with van der Waals surface area (Å²) in [6.45, 7) is 2.71. The molecule has 1 N–H and O–H groups in total. The third-order valence-corrected chi connectivity index (χ3v) is 2.74. The molecule has 0 bridgehead atoms. The molecule has 0 aliphatic rings. The van der Waals surface area contributed by atoms with E-state index in [1.54, 1.807) is 24.8 Å². The topological polar surface area (TPSA) is 55.2 Å². The Labute approximate surface area is 113 Å². The van der Waals surface area contributed by atoms with Crippen LogP contribution in [0.4, 0.5) is 0 Å². The summed E-state index contributed by atoms with van der Waals surface area (Å²) in [5, 5.41) is 10.2. The van der Waals surface area contributed by atoms with Gasteiger partial charge in [-0.2, -0.15) is 0 Å². The summed E-state index contributed by atoms with van der Waals surface area (Å²) in [4.78, 5) is 8.14. The lowest BCUT2D eigenvalue weighted by molar-refractivity contribution is 0.177. The van der Waals surface area contributed by atoms with Gasteiger partial charge < -0.3 is 9.84 Å². The Balaban J connectivity index is 2.04. The second kappa shape index (κ2) is 6.85. The molecular weight excluding hydrogens is 240 g/mol. The number of rotatable bonds is 6. The number of ether oxygens (including phenoxy) is 1. The maximum Gasteiger partial charge on any atom is 0.137 e. The Hall–Kier alpha value is -1.94. The number of aromatic nitrogens is 2. The second-order valence-corrected chi connectivity index (χ2v) is 4.38. The van der Waals surface area contributed by atoms with Gasteiger partial charge in [0, 0.05) is 30.6 Å². The highest BCUT2D eigenvalue weighted by atomic mass is 16.5. The molecule has 4 heteroatoms. The molecule has 0 saturated heterocycles. The van der Waals surface area contributed by atoms with Crippen LogP contribution in [0, 0.1) is 0 Å². The second-order valence-electron chi connectivity index (χ2n) is 4.38. The van der Waals surface area contributed by atoms with Crippen molar-refractivity contribution in [2.24, 2.45) is 0 Å². The molecule has 4 nitrogen and oxygen atoms in total. The fourth-order valence-electron chi connectivity index (χ4n) is 1.78. The van der Waals surface area contributed by atoms with Crippen molar-refractivity contribution in [3.8, 4) is 5.75 Å². The molecule has 0 saturated carbocycles. The third-order valence-electron chi connectivity index (χ3n) is 2.74. The van der Waals surface area contributed by atoms with Crippen LogP contribution < -0.4 is 4.74 Å². The highest BCUT2D eigenvalue weighted by molar-refractivity contribution is 5.26. The van der Waals surface area contributed by atoms with Crippen molar-refractivity contribution in [2.75, 3.05) is 6.61 Å². The minimum Gasteiger partial charge on any atom is -0.492 e. The van der Waals surface area contributed by atoms with E-state index >= 15 is 0 Å². The molecule has 0 aliphatic carbocycles. The van der Waals surface area contributed by atoms with Crippen molar-refractivity contribution in [3.63, 3.8) is 0 Å². The van der Waals surface area contributed by atoms with Gasteiger partial charge in [-0.1, -0.05) is 13.0 Å². The maximum absolute atomic E-state index is 10.2. The summed E-state index contributed by atoms with van der Waals surface area (Å²) < 4.78 is 5.51. The van der Waals surface area contributed by atoms with E-state index in [1.807, 2.05) is 18.2 Å². The normalized spacial score (nSPS) is 12.1. The molecule has 0 aromatic carbocycles. The molecule has 0 aliphatic heterocycles. The van der Waals surface area contributed by atoms with E-state index in [4.69, 9.17) is 4.74 Å². The summed E-state index contributed by atoms with van der Waals surface area (Å²) in [7, 11) is 0. The molecule has 1 atom stereocenters. The van der Waals surface area contributed by atoms with Crippen LogP contribution in [0.5, 0.6) is 5.75 Å². The van der Waals surface area contributed by atoms with Gasteiger partial charge in [-0.15, -0.1) is 0 Å². The molecule has 19 heavy (non-hydrogen) atoms. The van der Waals surface area contributed by atoms with E-state index < -0.39 is 6.10 Å². The lowest BCUT2D eigenvalue weighted by Crippen LogP contribution is -2.04. The minimum absolute atomic E-state index is 0.521. The number of nitrogens with zero attached hydrogens (tertiary/aromatic N) is 2. The summed E-state index contributed by atoms with van der Waals surface area (Å²) in [6, 6.07) is 5.64. The van der Waals surface area contributed by atoms with E-state index in [2.05, 4.69) is 16.9 Å². The van der Waals surface area contributed by atoms with Gasteiger partial charge in [0.1, 0.15) is 5.75 Å². The smallest absolute Gasteiger partial charge is 0.137 e. The molecule has 0 spiro atoms. The van der Waals surface area contributed by atoms with Crippen LogP contribution in [-0.4, -0.2) is 21.7 Å². The fourth-order valence-corrected chi connectivity index (χ4v) is 1.78. The largest absolute Gasteiger partial charge is 0.492 e. The van der Waals surface area contributed by atoms with Crippen molar-refractivity contribution in [2.45, 2.75) is 25.9 Å². The highest BCUT2D eigenvalue weighted by Gasteiger charge is 2.10. The van der Waals surface area contributed by atoms with Gasteiger partial charge in [0.05, 0.1) is 18.9 Å². The molecule has 0 fully saturated rings. The first-order chi connectivity index (χ1) is 9.29. The Morgan fingerprint density at radius 3 is 2.89 bits per heavy atom. The molecule has 2 aromatic heterocycles. The molecule has 0 amide bonds. The highest BCUT2D eigenvalue weighted by Crippen LogP contribution is 2.21. The van der Waals surface area contributed by atoms with Crippen LogP contribution in [0.15, 0.2) is 43.0 Å². The van der Waals surface area contributed by atoms with Crippen LogP contribution in [0.25, 0.3) is 0 Å². The maximum atomic E-state index is 10.2. The van der Waals surface area contributed by atoms with Gasteiger partial charge in [-0.25, -0.2) is 0 Å². The molecule has 2 rings (SSSR count). The van der Waals surface area contributed by atoms with E-state index in [0.29, 0.717) is 18.8 Å². The zero-order chi connectivity index (χ0) is 13.5. The zero-order valence-electron chi connectivity index (χ0n) is 11.0. The monoisotopic (exact) mass is 258 g/mol. The average molecular weight is 258 g/mol. The average Bonchev–Trinajstić information content (AvgIpc) is 2.46. The first kappa shape index (κ1) is 13.5. The third kappa shape index (κ3) is 4.03. The quantitative estimate of drug-likeness (QED) is 0.865. The van der Waals surface area contributed by atoms with Gasteiger partial charge in [0.15, 0.2) is 0 Å². The molecule has 100 valence electrons. The SMILES string of the molecule is CCCOc1cncc(C(O)Cc2cccnc2)c1. The molecule has 1 unspecified atom stereocenters. The van der Waals surface area contributed by atoms with E-state index in [-0.39, 0.29) is 0 Å². The minimum atomic E-state index is -0.595. The van der Waals surface area contributed by atoms with Gasteiger partial charge in [-0.05, 0) is 24.1 Å². The predicted molar refractivity (Wildman–Crippen MR) is 72.9 cm³/mol. The lowest BCUT2D eigenvalue weighted by atomic mass is 10.0. The molecule has 2 heterocycles. The number of aliphatic hydroxyl groups excluding tert-OH is 1. The summed E-state index contributed by atoms with van der Waals surface area (Å²) in [5.41, 5.74) is 1.76. The van der Waals surface area contributed by atoms with Crippen LogP contribution in [0.1, 0.15) is 30.6 Å². The summed E-state index contributed by atoms with van der Waals surface area (Å²) >= 11 is 0. The predicted octanol–water partition coefficient (Wildman–Crippen LogP) is 2.54. The first-order valence-corrected chi connectivity index (χ1v) is 6.44. The van der Waals surface area contributed by atoms with Gasteiger partial charge in [0.25, 0.3) is 0 Å². The summed E-state index contributed by atoms with van der Waals surface area (Å²) in [5.74, 6) is 0.699. The van der Waals surface area contributed by atoms with Crippen LogP contribution in [-0.2, 0) is 6.42 Å². The fraction of sp³-hybridized carbons (Fsp3) is 0.333. The number of aliphatic hydroxyl groups is 1. The van der Waals surface area contributed by atoms with E-state index in [0.717, 1.165) is 17.5 Å². The number of pyridine rings is 2. The van der Waals surface area contributed by atoms with Crippen LogP contribution >= 0.6 is 0 Å². The first-order valence-electron chi connectivity index (χ1n) is 6.44. The Kier molecular flexibility index (Phi) is 4.86. The lowest BCUT2D eigenvalue weighted by Gasteiger charge is -2.12. The van der Waals surface area contributed by atoms with Crippen molar-refractivity contribution in [1.29, 1.82) is 0 Å². The Morgan fingerprint density at radius 2 is 2.16 bits per heavy atom. The van der Waals surface area contributed by atoms with Gasteiger partial charge >= 0.3 is 0 Å². The molecular formula is C15H18N2O2. The van der Waals surface area contributed by atoms with Crippen molar-refractivity contribution >= 4 is 0 Å². The summed E-state index contributed by atoms with van der Waals surface area (Å²) in [6.07, 6.45) is 7.68. The van der Waals surface area contributed by atoms with Crippen molar-refractivity contribution in [3.05, 3.63) is 54.1 Å². The van der Waals surface area contributed by atoms with Crippen LogP contribution in [0.3, 0.4) is 0 Å². The zero-order valence-corrected chi connectivity index (χ0v) is 11.0.